The largest absolute Gasteiger partial charge is 0.489 e. The van der Waals surface area contributed by atoms with Crippen LogP contribution in [0, 0.1) is 5.92 Å². The second kappa shape index (κ2) is 10.0. The van der Waals surface area contributed by atoms with E-state index in [2.05, 4.69) is 0 Å². The highest BCUT2D eigenvalue weighted by Gasteiger charge is 2.36. The van der Waals surface area contributed by atoms with Crippen LogP contribution < -0.4 is 4.74 Å². The fourth-order valence-corrected chi connectivity index (χ4v) is 4.91. The first-order chi connectivity index (χ1) is 15.5. The summed E-state index contributed by atoms with van der Waals surface area (Å²) in [5.74, 6) is -0.124. The van der Waals surface area contributed by atoms with Gasteiger partial charge in [-0.05, 0) is 72.0 Å². The third-order valence-corrected chi connectivity index (χ3v) is 6.70. The molecule has 1 N–H and O–H groups in total. The molecule has 0 aromatic heterocycles. The van der Waals surface area contributed by atoms with Gasteiger partial charge in [0.15, 0.2) is 0 Å². The molecule has 1 heterocycles. The van der Waals surface area contributed by atoms with E-state index in [-0.39, 0.29) is 23.3 Å². The number of carbonyl (C=O) groups is 3. The number of hydrogen-bond donors (Lipinski definition) is 1. The summed E-state index contributed by atoms with van der Waals surface area (Å²) in [6.45, 7) is 0.776. The van der Waals surface area contributed by atoms with Crippen LogP contribution in [0.3, 0.4) is 0 Å². The summed E-state index contributed by atoms with van der Waals surface area (Å²) in [5, 5.41) is 8.89. The molecule has 1 aliphatic heterocycles. The van der Waals surface area contributed by atoms with Crippen molar-refractivity contribution in [2.75, 3.05) is 6.54 Å². The molecule has 0 bridgehead atoms. The lowest BCUT2D eigenvalue weighted by Crippen LogP contribution is -2.34. The van der Waals surface area contributed by atoms with E-state index in [1.54, 1.807) is 30.3 Å². The number of carbonyl (C=O) groups excluding carboxylic acids is 2. The number of benzene rings is 2. The molecular formula is C25H25NO5S. The second-order valence-electron chi connectivity index (χ2n) is 8.16. The first-order valence-electron chi connectivity index (χ1n) is 10.8. The number of thioether (sulfide) groups is 1. The smallest absolute Gasteiger partial charge is 0.335 e. The van der Waals surface area contributed by atoms with Crippen molar-refractivity contribution in [1.82, 2.24) is 4.90 Å². The van der Waals surface area contributed by atoms with Crippen molar-refractivity contribution in [3.05, 3.63) is 70.1 Å². The molecule has 2 aromatic rings. The van der Waals surface area contributed by atoms with Crippen LogP contribution in [0.2, 0.25) is 0 Å². The minimum atomic E-state index is -0.973. The highest BCUT2D eigenvalue weighted by molar-refractivity contribution is 8.18. The fraction of sp³-hybridized carbons (Fsp3) is 0.320. The summed E-state index contributed by atoms with van der Waals surface area (Å²) in [7, 11) is 0. The number of ether oxygens (including phenoxy) is 1. The highest BCUT2D eigenvalue weighted by Crippen LogP contribution is 2.35. The van der Waals surface area contributed by atoms with Gasteiger partial charge in [-0.3, -0.25) is 14.5 Å². The van der Waals surface area contributed by atoms with E-state index in [1.165, 1.54) is 30.2 Å². The van der Waals surface area contributed by atoms with Crippen LogP contribution in [0.1, 0.15) is 53.6 Å². The summed E-state index contributed by atoms with van der Waals surface area (Å²) in [4.78, 5) is 38.0. The topological polar surface area (TPSA) is 83.9 Å². The van der Waals surface area contributed by atoms with Gasteiger partial charge in [0.25, 0.3) is 11.1 Å². The summed E-state index contributed by atoms with van der Waals surface area (Å²) >= 11 is 1.000. The summed E-state index contributed by atoms with van der Waals surface area (Å²) in [5.41, 5.74) is 1.80. The SMILES string of the molecule is O=C(O)c1cccc(COc2ccc(/C=C3/SC(=O)N(CC4CCCCC4)C3=O)cc2)c1. The number of amides is 2. The molecule has 2 aliphatic rings. The Morgan fingerprint density at radius 3 is 2.56 bits per heavy atom. The first kappa shape index (κ1) is 22.1. The lowest BCUT2D eigenvalue weighted by molar-refractivity contribution is -0.123. The maximum atomic E-state index is 12.7. The van der Waals surface area contributed by atoms with E-state index < -0.39 is 5.97 Å². The van der Waals surface area contributed by atoms with Gasteiger partial charge in [-0.2, -0.15) is 0 Å². The monoisotopic (exact) mass is 451 g/mol. The lowest BCUT2D eigenvalue weighted by Gasteiger charge is -2.25. The summed E-state index contributed by atoms with van der Waals surface area (Å²) < 4.78 is 5.74. The molecule has 0 radical (unpaired) electrons. The molecule has 1 aliphatic carbocycles. The Kier molecular flexibility index (Phi) is 6.95. The predicted molar refractivity (Wildman–Crippen MR) is 123 cm³/mol. The van der Waals surface area contributed by atoms with Gasteiger partial charge in [-0.1, -0.05) is 43.5 Å². The number of nitrogens with zero attached hydrogens (tertiary/aromatic N) is 1. The molecule has 2 fully saturated rings. The minimum Gasteiger partial charge on any atom is -0.489 e. The molecule has 6 nitrogen and oxygen atoms in total. The van der Waals surface area contributed by atoms with E-state index in [0.29, 0.717) is 23.1 Å². The average molecular weight is 452 g/mol. The molecule has 0 unspecified atom stereocenters. The molecule has 1 saturated carbocycles. The normalized spacial score (nSPS) is 18.4. The zero-order valence-electron chi connectivity index (χ0n) is 17.7. The van der Waals surface area contributed by atoms with Crippen LogP contribution in [0.4, 0.5) is 4.79 Å². The van der Waals surface area contributed by atoms with E-state index in [4.69, 9.17) is 9.84 Å². The molecule has 1 saturated heterocycles. The van der Waals surface area contributed by atoms with Crippen molar-refractivity contribution >= 4 is 35.0 Å². The highest BCUT2D eigenvalue weighted by atomic mass is 32.2. The van der Waals surface area contributed by atoms with E-state index in [1.807, 2.05) is 18.2 Å². The number of carboxylic acids is 1. The number of carboxylic acid groups (broad SMARTS) is 1. The average Bonchev–Trinajstić information content (AvgIpc) is 3.07. The van der Waals surface area contributed by atoms with Gasteiger partial charge in [-0.25, -0.2) is 4.79 Å². The standard InChI is InChI=1S/C25H25NO5S/c27-23-22(32-25(30)26(23)15-18-5-2-1-3-6-18)14-17-9-11-21(12-10-17)31-16-19-7-4-8-20(13-19)24(28)29/h4,7-14,18H,1-3,5-6,15-16H2,(H,28,29)/b22-14+. The first-order valence-corrected chi connectivity index (χ1v) is 11.6. The summed E-state index contributed by atoms with van der Waals surface area (Å²) in [6.07, 6.45) is 7.51. The molecule has 7 heteroatoms. The Morgan fingerprint density at radius 1 is 1.09 bits per heavy atom. The summed E-state index contributed by atoms with van der Waals surface area (Å²) in [6, 6.07) is 13.9. The van der Waals surface area contributed by atoms with Gasteiger partial charge in [0, 0.05) is 6.54 Å². The fourth-order valence-electron chi connectivity index (χ4n) is 4.06. The van der Waals surface area contributed by atoms with Crippen molar-refractivity contribution in [3.63, 3.8) is 0 Å². The van der Waals surface area contributed by atoms with Gasteiger partial charge < -0.3 is 9.84 Å². The Bertz CT molecular complexity index is 1040. The molecule has 32 heavy (non-hydrogen) atoms. The number of hydrogen-bond acceptors (Lipinski definition) is 5. The molecule has 4 rings (SSSR count). The maximum Gasteiger partial charge on any atom is 0.335 e. The molecule has 0 spiro atoms. The van der Waals surface area contributed by atoms with Gasteiger partial charge in [0.2, 0.25) is 0 Å². The van der Waals surface area contributed by atoms with Crippen molar-refractivity contribution in [2.45, 2.75) is 38.7 Å². The van der Waals surface area contributed by atoms with Crippen LogP contribution in [0.25, 0.3) is 6.08 Å². The van der Waals surface area contributed by atoms with Crippen molar-refractivity contribution in [2.24, 2.45) is 5.92 Å². The molecule has 2 aromatic carbocycles. The molecular weight excluding hydrogens is 426 g/mol. The van der Waals surface area contributed by atoms with Crippen molar-refractivity contribution in [1.29, 1.82) is 0 Å². The number of rotatable bonds is 7. The van der Waals surface area contributed by atoms with Crippen LogP contribution in [-0.4, -0.2) is 33.7 Å². The van der Waals surface area contributed by atoms with Gasteiger partial charge in [0.1, 0.15) is 12.4 Å². The molecule has 0 atom stereocenters. The van der Waals surface area contributed by atoms with Gasteiger partial charge >= 0.3 is 5.97 Å². The van der Waals surface area contributed by atoms with Crippen LogP contribution in [0.15, 0.2) is 53.4 Å². The third kappa shape index (κ3) is 5.40. The van der Waals surface area contributed by atoms with Crippen LogP contribution in [-0.2, 0) is 11.4 Å². The quantitative estimate of drug-likeness (QED) is 0.553. The Hall–Kier alpha value is -3.06. The van der Waals surface area contributed by atoms with Crippen LogP contribution >= 0.6 is 11.8 Å². The van der Waals surface area contributed by atoms with E-state index >= 15 is 0 Å². The molecule has 2 amide bonds. The van der Waals surface area contributed by atoms with E-state index in [9.17, 15) is 14.4 Å². The van der Waals surface area contributed by atoms with Gasteiger partial charge in [0.05, 0.1) is 10.5 Å². The Labute approximate surface area is 191 Å². The zero-order chi connectivity index (χ0) is 22.5. The predicted octanol–water partition coefficient (Wildman–Crippen LogP) is 5.58. The van der Waals surface area contributed by atoms with Crippen molar-refractivity contribution in [3.8, 4) is 5.75 Å². The minimum absolute atomic E-state index is 0.185. The Morgan fingerprint density at radius 2 is 1.84 bits per heavy atom. The number of imide groups is 1. The van der Waals surface area contributed by atoms with Crippen LogP contribution in [0.5, 0.6) is 5.75 Å². The van der Waals surface area contributed by atoms with Crippen molar-refractivity contribution < 1.29 is 24.2 Å². The number of aromatic carboxylic acids is 1. The maximum absolute atomic E-state index is 12.7. The zero-order valence-corrected chi connectivity index (χ0v) is 18.5. The van der Waals surface area contributed by atoms with E-state index in [0.717, 1.165) is 35.7 Å². The Balaban J connectivity index is 1.36. The molecule has 166 valence electrons. The van der Waals surface area contributed by atoms with Gasteiger partial charge in [-0.15, -0.1) is 0 Å². The lowest BCUT2D eigenvalue weighted by atomic mass is 9.89. The third-order valence-electron chi connectivity index (χ3n) is 5.80. The second-order valence-corrected chi connectivity index (χ2v) is 9.15.